The Kier molecular flexibility index (Phi) is 5.03. The van der Waals surface area contributed by atoms with Crippen molar-refractivity contribution in [3.63, 3.8) is 0 Å². The molecule has 0 aromatic heterocycles. The summed E-state index contributed by atoms with van der Waals surface area (Å²) in [7, 11) is 0. The number of nitro benzene ring substituents is 1. The average molecular weight is 289 g/mol. The van der Waals surface area contributed by atoms with Gasteiger partial charge in [-0.2, -0.15) is 5.10 Å². The molecule has 0 atom stereocenters. The highest BCUT2D eigenvalue weighted by atomic mass is 16.6. The number of allylic oxidation sites excluding steroid dienone is 2. The summed E-state index contributed by atoms with van der Waals surface area (Å²) < 4.78 is 5.30. The summed E-state index contributed by atoms with van der Waals surface area (Å²) in [6.45, 7) is -0.0852. The summed E-state index contributed by atoms with van der Waals surface area (Å²) in [6, 6.07) is 5.97. The molecule has 0 saturated carbocycles. The molecule has 0 bridgehead atoms. The van der Waals surface area contributed by atoms with Crippen LogP contribution in [0.4, 0.5) is 5.69 Å². The second-order valence-corrected chi connectivity index (χ2v) is 4.50. The van der Waals surface area contributed by atoms with Crippen LogP contribution in [0.3, 0.4) is 0 Å². The summed E-state index contributed by atoms with van der Waals surface area (Å²) in [5.41, 5.74) is 2.82. The largest absolute Gasteiger partial charge is 0.488 e. The first-order valence-electron chi connectivity index (χ1n) is 6.53. The number of carbonyl (C=O) groups is 1. The molecular formula is C14H15N3O4. The topological polar surface area (TPSA) is 93.8 Å². The number of hydrazone groups is 1. The Balaban J connectivity index is 1.80. The lowest BCUT2D eigenvalue weighted by Crippen LogP contribution is -2.22. The average Bonchev–Trinajstić information content (AvgIpc) is 2.99. The third-order valence-electron chi connectivity index (χ3n) is 2.87. The quantitative estimate of drug-likeness (QED) is 0.493. The summed E-state index contributed by atoms with van der Waals surface area (Å²) in [4.78, 5) is 21.6. The predicted molar refractivity (Wildman–Crippen MR) is 76.7 cm³/mol. The molecule has 0 heterocycles. The first-order valence-corrected chi connectivity index (χ1v) is 6.53. The van der Waals surface area contributed by atoms with Crippen molar-refractivity contribution in [3.05, 3.63) is 51.8 Å². The van der Waals surface area contributed by atoms with Gasteiger partial charge in [0.1, 0.15) is 0 Å². The fourth-order valence-electron chi connectivity index (χ4n) is 1.86. The van der Waals surface area contributed by atoms with Gasteiger partial charge in [-0.25, -0.2) is 5.43 Å². The second-order valence-electron chi connectivity index (χ2n) is 4.50. The van der Waals surface area contributed by atoms with E-state index < -0.39 is 4.92 Å². The molecule has 0 fully saturated rings. The van der Waals surface area contributed by atoms with E-state index in [9.17, 15) is 14.9 Å². The van der Waals surface area contributed by atoms with E-state index >= 15 is 0 Å². The fraction of sp³-hybridized carbons (Fsp3) is 0.286. The van der Waals surface area contributed by atoms with E-state index in [0.29, 0.717) is 5.56 Å². The number of benzene rings is 1. The molecule has 0 radical (unpaired) electrons. The molecule has 0 spiro atoms. The van der Waals surface area contributed by atoms with Gasteiger partial charge in [0.2, 0.25) is 0 Å². The molecule has 0 saturated heterocycles. The molecule has 21 heavy (non-hydrogen) atoms. The first kappa shape index (κ1) is 14.7. The van der Waals surface area contributed by atoms with Crippen molar-refractivity contribution in [1.82, 2.24) is 5.43 Å². The van der Waals surface area contributed by atoms with Crippen molar-refractivity contribution in [2.24, 2.45) is 5.10 Å². The van der Waals surface area contributed by atoms with Crippen LogP contribution in [0.2, 0.25) is 0 Å². The number of hydrogen-bond donors (Lipinski definition) is 1. The number of carbonyl (C=O) groups excluding carboxylic acids is 1. The van der Waals surface area contributed by atoms with E-state index in [1.54, 1.807) is 12.1 Å². The van der Waals surface area contributed by atoms with Crippen molar-refractivity contribution >= 4 is 17.8 Å². The van der Waals surface area contributed by atoms with Gasteiger partial charge in [0.25, 0.3) is 11.6 Å². The SMILES string of the molecule is O=C(COC1=CCCC1)N/N=C\c1cccc([N+](=O)[O-])c1. The molecule has 1 aromatic rings. The Morgan fingerprint density at radius 3 is 3.10 bits per heavy atom. The highest BCUT2D eigenvalue weighted by Gasteiger charge is 2.08. The van der Waals surface area contributed by atoms with Crippen LogP contribution in [0.15, 0.2) is 41.2 Å². The Hall–Kier alpha value is -2.70. The van der Waals surface area contributed by atoms with E-state index in [2.05, 4.69) is 10.5 Å². The van der Waals surface area contributed by atoms with E-state index in [4.69, 9.17) is 4.74 Å². The maximum atomic E-state index is 11.5. The highest BCUT2D eigenvalue weighted by molar-refractivity contribution is 5.83. The number of ether oxygens (including phenoxy) is 1. The van der Waals surface area contributed by atoms with Crippen LogP contribution in [0.1, 0.15) is 24.8 Å². The smallest absolute Gasteiger partial charge is 0.277 e. The third kappa shape index (κ3) is 4.72. The summed E-state index contributed by atoms with van der Waals surface area (Å²) in [5.74, 6) is 0.470. The van der Waals surface area contributed by atoms with Crippen LogP contribution in [0.5, 0.6) is 0 Å². The van der Waals surface area contributed by atoms with Gasteiger partial charge in [0, 0.05) is 24.1 Å². The molecule has 1 amide bonds. The third-order valence-corrected chi connectivity index (χ3v) is 2.87. The number of nitrogens with one attached hydrogen (secondary N) is 1. The fourth-order valence-corrected chi connectivity index (χ4v) is 1.86. The maximum absolute atomic E-state index is 11.5. The standard InChI is InChI=1S/C14H15N3O4/c18-14(10-21-13-6-1-2-7-13)16-15-9-11-4-3-5-12(8-11)17(19)20/h3-6,8-9H,1-2,7,10H2,(H,16,18)/b15-9-. The normalized spacial score (nSPS) is 14.0. The minimum absolute atomic E-state index is 0.0261. The van der Waals surface area contributed by atoms with Crippen LogP contribution in [0.25, 0.3) is 0 Å². The van der Waals surface area contributed by atoms with Crippen molar-refractivity contribution in [2.45, 2.75) is 19.3 Å². The Bertz CT molecular complexity index is 596. The van der Waals surface area contributed by atoms with Gasteiger partial charge < -0.3 is 4.74 Å². The minimum Gasteiger partial charge on any atom is -0.488 e. The maximum Gasteiger partial charge on any atom is 0.277 e. The molecule has 7 nitrogen and oxygen atoms in total. The molecule has 2 rings (SSSR count). The van der Waals surface area contributed by atoms with Crippen LogP contribution in [0, 0.1) is 10.1 Å². The molecule has 110 valence electrons. The van der Waals surface area contributed by atoms with E-state index in [-0.39, 0.29) is 18.2 Å². The lowest BCUT2D eigenvalue weighted by atomic mass is 10.2. The number of amides is 1. The van der Waals surface area contributed by atoms with Crippen molar-refractivity contribution < 1.29 is 14.5 Å². The van der Waals surface area contributed by atoms with Gasteiger partial charge in [-0.1, -0.05) is 12.1 Å². The zero-order valence-electron chi connectivity index (χ0n) is 11.3. The van der Waals surface area contributed by atoms with Crippen molar-refractivity contribution in [2.75, 3.05) is 6.61 Å². The van der Waals surface area contributed by atoms with E-state index in [1.807, 2.05) is 6.08 Å². The van der Waals surface area contributed by atoms with Gasteiger partial charge in [0.05, 0.1) is 16.9 Å². The molecule has 1 aliphatic carbocycles. The molecule has 7 heteroatoms. The van der Waals surface area contributed by atoms with E-state index in [0.717, 1.165) is 25.0 Å². The predicted octanol–water partition coefficient (Wildman–Crippen LogP) is 2.13. The van der Waals surface area contributed by atoms with Crippen LogP contribution in [-0.2, 0) is 9.53 Å². The molecule has 1 aliphatic rings. The second kappa shape index (κ2) is 7.18. The molecular weight excluding hydrogens is 274 g/mol. The van der Waals surface area contributed by atoms with Crippen LogP contribution >= 0.6 is 0 Å². The Morgan fingerprint density at radius 1 is 1.52 bits per heavy atom. The zero-order valence-corrected chi connectivity index (χ0v) is 11.3. The molecule has 1 N–H and O–H groups in total. The summed E-state index contributed by atoms with van der Waals surface area (Å²) in [6.07, 6.45) is 6.23. The highest BCUT2D eigenvalue weighted by Crippen LogP contribution is 2.17. The van der Waals surface area contributed by atoms with E-state index in [1.165, 1.54) is 18.3 Å². The summed E-state index contributed by atoms with van der Waals surface area (Å²) >= 11 is 0. The Morgan fingerprint density at radius 2 is 2.38 bits per heavy atom. The van der Waals surface area contributed by atoms with Crippen LogP contribution < -0.4 is 5.43 Å². The number of nitro groups is 1. The molecule has 1 aromatic carbocycles. The number of nitrogens with zero attached hydrogens (tertiary/aromatic N) is 2. The first-order chi connectivity index (χ1) is 10.1. The lowest BCUT2D eigenvalue weighted by molar-refractivity contribution is -0.384. The van der Waals surface area contributed by atoms with Gasteiger partial charge in [0.15, 0.2) is 6.61 Å². The molecule has 0 aliphatic heterocycles. The summed E-state index contributed by atoms with van der Waals surface area (Å²) in [5, 5.41) is 14.4. The Labute approximate surface area is 121 Å². The van der Waals surface area contributed by atoms with Crippen molar-refractivity contribution in [3.8, 4) is 0 Å². The number of rotatable bonds is 6. The van der Waals surface area contributed by atoms with Gasteiger partial charge >= 0.3 is 0 Å². The van der Waals surface area contributed by atoms with Gasteiger partial charge in [-0.15, -0.1) is 0 Å². The van der Waals surface area contributed by atoms with Crippen molar-refractivity contribution in [1.29, 1.82) is 0 Å². The molecule has 0 unspecified atom stereocenters. The monoisotopic (exact) mass is 289 g/mol. The van der Waals surface area contributed by atoms with Crippen LogP contribution in [-0.4, -0.2) is 23.7 Å². The lowest BCUT2D eigenvalue weighted by Gasteiger charge is -2.04. The van der Waals surface area contributed by atoms with Gasteiger partial charge in [-0.05, 0) is 18.9 Å². The minimum atomic E-state index is -0.487. The zero-order chi connectivity index (χ0) is 15.1. The number of hydrogen-bond acceptors (Lipinski definition) is 5. The van der Waals surface area contributed by atoms with Gasteiger partial charge in [-0.3, -0.25) is 14.9 Å². The number of non-ortho nitro benzene ring substituents is 1.